The molecule has 0 aliphatic rings. The number of amides is 1. The minimum Gasteiger partial charge on any atom is -0.529 e. The van der Waals surface area contributed by atoms with Crippen LogP contribution in [-0.4, -0.2) is 41.7 Å². The van der Waals surface area contributed by atoms with Gasteiger partial charge in [0.2, 0.25) is 0 Å². The summed E-state index contributed by atoms with van der Waals surface area (Å²) < 4.78 is 33.5. The van der Waals surface area contributed by atoms with E-state index in [1.165, 1.54) is 12.1 Å². The monoisotopic (exact) mass is 550 g/mol. The summed E-state index contributed by atoms with van der Waals surface area (Å²) in [7, 11) is -4.23. The van der Waals surface area contributed by atoms with Crippen molar-refractivity contribution in [2.24, 2.45) is 0 Å². The maximum absolute atomic E-state index is 12.9. The van der Waals surface area contributed by atoms with Gasteiger partial charge in [-0.15, -0.1) is 0 Å². The Hall–Kier alpha value is -4.15. The van der Waals surface area contributed by atoms with Gasteiger partial charge in [0, 0.05) is 17.8 Å². The van der Waals surface area contributed by atoms with Crippen LogP contribution in [-0.2, 0) is 16.4 Å². The van der Waals surface area contributed by atoms with Gasteiger partial charge in [-0.1, -0.05) is 42.0 Å². The Morgan fingerprint density at radius 3 is 2.13 bits per heavy atom. The number of benzene rings is 3. The van der Waals surface area contributed by atoms with Crippen LogP contribution in [0.1, 0.15) is 29.4 Å². The molecule has 0 spiro atoms. The first-order chi connectivity index (χ1) is 18.1. The number of quaternary nitrogens is 1. The Balaban J connectivity index is 0.00000420. The molecular weight excluding hydrogens is 516 g/mol. The van der Waals surface area contributed by atoms with Crippen LogP contribution in [0.15, 0.2) is 77.7 Å². The van der Waals surface area contributed by atoms with E-state index in [0.717, 1.165) is 45.1 Å². The second-order valence-corrected chi connectivity index (χ2v) is 10.8. The maximum Gasteiger partial charge on any atom is 0.265 e. The van der Waals surface area contributed by atoms with Crippen LogP contribution in [0.25, 0.3) is 16.8 Å². The molecule has 9 nitrogen and oxygen atoms in total. The van der Waals surface area contributed by atoms with E-state index in [1.807, 2.05) is 80.9 Å². The molecule has 0 saturated heterocycles. The number of aromatic nitrogens is 2. The molecule has 39 heavy (non-hydrogen) atoms. The summed E-state index contributed by atoms with van der Waals surface area (Å²) in [5, 5.41) is 16.4. The third-order valence-corrected chi connectivity index (χ3v) is 8.12. The second kappa shape index (κ2) is 12.1. The lowest BCUT2D eigenvalue weighted by molar-refractivity contribution is -0.259. The summed E-state index contributed by atoms with van der Waals surface area (Å²) in [6, 6.07) is 21.4. The van der Waals surface area contributed by atoms with Gasteiger partial charge in [-0.05, 0) is 81.6 Å². The number of ether oxygens (including phenoxy) is 1. The average molecular weight is 551 g/mol. The maximum atomic E-state index is 12.9. The number of carbonyl (C=O) groups is 1. The van der Waals surface area contributed by atoms with Crippen molar-refractivity contribution in [3.8, 4) is 22.6 Å². The van der Waals surface area contributed by atoms with Crippen molar-refractivity contribution in [1.82, 2.24) is 20.2 Å². The quantitative estimate of drug-likeness (QED) is 0.317. The summed E-state index contributed by atoms with van der Waals surface area (Å²) in [5.74, 6) is 0.818. The van der Waals surface area contributed by atoms with E-state index in [2.05, 4.69) is 0 Å². The van der Waals surface area contributed by atoms with Crippen molar-refractivity contribution >= 4 is 16.1 Å². The van der Waals surface area contributed by atoms with E-state index in [4.69, 9.17) is 9.84 Å². The highest BCUT2D eigenvalue weighted by atomic mass is 32.2. The van der Waals surface area contributed by atoms with Gasteiger partial charge in [0.05, 0.1) is 22.9 Å². The predicted molar refractivity (Wildman–Crippen MR) is 150 cm³/mol. The summed E-state index contributed by atoms with van der Waals surface area (Å²) >= 11 is 0. The summed E-state index contributed by atoms with van der Waals surface area (Å²) in [6.07, 6.45) is -1.56. The number of aryl methyl sites for hydroxylation is 2. The normalized spacial score (nSPS) is 11.1. The van der Waals surface area contributed by atoms with Crippen LogP contribution in [0.5, 0.6) is 5.75 Å². The molecule has 0 aliphatic carbocycles. The second-order valence-electron chi connectivity index (χ2n) is 8.99. The van der Waals surface area contributed by atoms with Gasteiger partial charge in [0.1, 0.15) is 5.75 Å². The Morgan fingerprint density at radius 1 is 0.949 bits per heavy atom. The van der Waals surface area contributed by atoms with Crippen LogP contribution in [0, 0.1) is 20.8 Å². The number of hydrogen-bond donors (Lipinski definition) is 1. The average Bonchev–Trinajstić information content (AvgIpc) is 3.19. The van der Waals surface area contributed by atoms with Crippen LogP contribution < -0.4 is 16.0 Å². The molecule has 4 aromatic rings. The van der Waals surface area contributed by atoms with E-state index in [-0.39, 0.29) is 24.0 Å². The van der Waals surface area contributed by atoms with Crippen LogP contribution in [0.2, 0.25) is 0 Å². The third kappa shape index (κ3) is 6.30. The van der Waals surface area contributed by atoms with Crippen molar-refractivity contribution < 1.29 is 23.1 Å². The standard InChI is InChI=1S/C29H31N3O5S.H3N/c1-5-37-26-14-10-24(11-15-26)28-21(3)30-32(22(28)4)25-12-8-23(9-13-25)18-19-31(29(33)34)38(35,36)27-16-6-20(2)7-17-27;/h6-17H,5,18-19H2,1-4H3,(H,33,34);1H3. The van der Waals surface area contributed by atoms with Crippen molar-refractivity contribution in [3.63, 3.8) is 0 Å². The van der Waals surface area contributed by atoms with E-state index in [9.17, 15) is 18.3 Å². The fourth-order valence-electron chi connectivity index (χ4n) is 4.38. The van der Waals surface area contributed by atoms with Crippen molar-refractivity contribution in [2.75, 3.05) is 13.2 Å². The molecule has 0 saturated carbocycles. The van der Waals surface area contributed by atoms with E-state index in [0.29, 0.717) is 10.9 Å². The molecule has 1 heterocycles. The minimum absolute atomic E-state index is 0. The molecule has 0 aliphatic heterocycles. The zero-order valence-electron chi connectivity index (χ0n) is 22.8. The van der Waals surface area contributed by atoms with Crippen LogP contribution in [0.4, 0.5) is 4.79 Å². The van der Waals surface area contributed by atoms with E-state index < -0.39 is 16.1 Å². The zero-order valence-corrected chi connectivity index (χ0v) is 23.7. The molecule has 1 amide bonds. The lowest BCUT2D eigenvalue weighted by Gasteiger charge is -2.24. The third-order valence-electron chi connectivity index (χ3n) is 6.34. The molecule has 3 aromatic carbocycles. The van der Waals surface area contributed by atoms with Crippen molar-refractivity contribution in [1.29, 1.82) is 0 Å². The summed E-state index contributed by atoms with van der Waals surface area (Å²) in [6.45, 7) is 8.10. The lowest BCUT2D eigenvalue weighted by atomic mass is 10.0. The van der Waals surface area contributed by atoms with Gasteiger partial charge >= 0.3 is 0 Å². The molecule has 10 heteroatoms. The molecule has 4 rings (SSSR count). The number of sulfonamides is 1. The van der Waals surface area contributed by atoms with Gasteiger partial charge < -0.3 is 20.8 Å². The zero-order chi connectivity index (χ0) is 27.4. The molecular formula is C29H34N4O5S. The van der Waals surface area contributed by atoms with Gasteiger partial charge in [-0.3, -0.25) is 4.31 Å². The topological polar surface area (TPSA) is 141 Å². The number of nitrogens with zero attached hydrogens (tertiary/aromatic N) is 3. The van der Waals surface area contributed by atoms with Crippen molar-refractivity contribution in [3.05, 3.63) is 95.3 Å². The van der Waals surface area contributed by atoms with Gasteiger partial charge in [-0.2, -0.15) is 5.10 Å². The molecule has 206 valence electrons. The molecule has 0 fully saturated rings. The van der Waals surface area contributed by atoms with Crippen molar-refractivity contribution in [2.45, 2.75) is 39.0 Å². The van der Waals surface area contributed by atoms with Gasteiger partial charge in [0.25, 0.3) is 10.0 Å². The van der Waals surface area contributed by atoms with E-state index >= 15 is 0 Å². The minimum atomic E-state index is -4.23. The molecule has 4 N–H and O–H groups in total. The SMILES string of the molecule is CCOc1ccc(-c2c(C)nn(-c3ccc(CCN(C(=O)[O-])S(=O)(=O)c4ccc(C)cc4)cc3)c2C)cc1.[NH4+]. The number of hydrogen-bond acceptors (Lipinski definition) is 6. The van der Waals surface area contributed by atoms with Crippen LogP contribution in [0.3, 0.4) is 0 Å². The summed E-state index contributed by atoms with van der Waals surface area (Å²) in [5.41, 5.74) is 6.46. The fraction of sp³-hybridized carbons (Fsp3) is 0.241. The smallest absolute Gasteiger partial charge is 0.265 e. The lowest BCUT2D eigenvalue weighted by Crippen LogP contribution is -2.45. The molecule has 0 bridgehead atoms. The molecule has 0 unspecified atom stereocenters. The Labute approximate surface area is 229 Å². The highest BCUT2D eigenvalue weighted by molar-refractivity contribution is 7.89. The largest absolute Gasteiger partial charge is 0.529 e. The highest BCUT2D eigenvalue weighted by Gasteiger charge is 2.24. The molecule has 1 aromatic heterocycles. The predicted octanol–water partition coefficient (Wildman–Crippen LogP) is 4.82. The van der Waals surface area contributed by atoms with Crippen LogP contribution >= 0.6 is 0 Å². The fourth-order valence-corrected chi connectivity index (χ4v) is 5.64. The first-order valence-electron chi connectivity index (χ1n) is 12.3. The first-order valence-corrected chi connectivity index (χ1v) is 13.7. The Bertz CT molecular complexity index is 1530. The summed E-state index contributed by atoms with van der Waals surface area (Å²) in [4.78, 5) is 11.6. The van der Waals surface area contributed by atoms with Gasteiger partial charge in [0.15, 0.2) is 6.09 Å². The van der Waals surface area contributed by atoms with E-state index in [1.54, 1.807) is 12.1 Å². The highest BCUT2D eigenvalue weighted by Crippen LogP contribution is 2.30. The van der Waals surface area contributed by atoms with Gasteiger partial charge in [-0.25, -0.2) is 13.1 Å². The Morgan fingerprint density at radius 2 is 1.56 bits per heavy atom. The first kappa shape index (κ1) is 29.4. The number of carboxylic acid groups (broad SMARTS) is 1. The number of carbonyl (C=O) groups excluding carboxylic acids is 1. The Kier molecular flexibility index (Phi) is 9.15. The molecule has 0 atom stereocenters. The number of rotatable bonds is 9. The molecule has 0 radical (unpaired) electrons.